The van der Waals surface area contributed by atoms with E-state index in [1.807, 2.05) is 49.5 Å². The molecule has 0 aliphatic heterocycles. The lowest BCUT2D eigenvalue weighted by Crippen LogP contribution is -2.36. The van der Waals surface area contributed by atoms with Crippen LogP contribution in [0.1, 0.15) is 21.5 Å². The number of carbonyl (C=O) groups excluding carboxylic acids is 1. The van der Waals surface area contributed by atoms with E-state index in [1.54, 1.807) is 23.1 Å². The number of amides is 1. The Hall–Kier alpha value is -1.60. The number of likely N-dealkylation sites (N-methyl/N-ethyl adjacent to an activating group) is 1. The molecule has 3 rings (SSSR count). The molecule has 0 radical (unpaired) electrons. The summed E-state index contributed by atoms with van der Waals surface area (Å²) in [4.78, 5) is 23.1. The molecule has 0 bridgehead atoms. The van der Waals surface area contributed by atoms with Crippen LogP contribution in [0, 0.1) is 13.8 Å². The van der Waals surface area contributed by atoms with Gasteiger partial charge in [-0.1, -0.05) is 11.3 Å². The number of carbonyl (C=O) groups is 1. The van der Waals surface area contributed by atoms with E-state index in [-0.39, 0.29) is 18.3 Å². The van der Waals surface area contributed by atoms with Crippen LogP contribution in [0.2, 0.25) is 0 Å². The number of aryl methyl sites for hydroxylation is 2. The van der Waals surface area contributed by atoms with Gasteiger partial charge >= 0.3 is 0 Å². The number of thiazole rings is 1. The van der Waals surface area contributed by atoms with Gasteiger partial charge in [0.05, 0.1) is 10.2 Å². The zero-order valence-corrected chi connectivity index (χ0v) is 19.3. The molecule has 0 aliphatic carbocycles. The second kappa shape index (κ2) is 9.74. The van der Waals surface area contributed by atoms with Crippen molar-refractivity contribution in [2.24, 2.45) is 0 Å². The molecule has 7 heteroatoms. The molecule has 2 aromatic carbocycles. The largest absolute Gasteiger partial charge is 0.308 e. The van der Waals surface area contributed by atoms with Crippen LogP contribution in [0.3, 0.4) is 0 Å². The van der Waals surface area contributed by atoms with Crippen molar-refractivity contribution in [1.29, 1.82) is 0 Å². The van der Waals surface area contributed by atoms with Crippen LogP contribution in [0.15, 0.2) is 41.3 Å². The number of thioether (sulfide) groups is 1. The predicted molar refractivity (Wildman–Crippen MR) is 125 cm³/mol. The molecule has 1 heterocycles. The van der Waals surface area contributed by atoms with Crippen LogP contribution in [0.25, 0.3) is 10.2 Å². The number of aromatic nitrogens is 1. The molecule has 150 valence electrons. The number of hydrogen-bond donors (Lipinski definition) is 0. The third kappa shape index (κ3) is 5.06. The van der Waals surface area contributed by atoms with E-state index in [1.165, 1.54) is 11.1 Å². The Bertz CT molecular complexity index is 915. The summed E-state index contributed by atoms with van der Waals surface area (Å²) >= 11 is 3.25. The van der Waals surface area contributed by atoms with Gasteiger partial charge in [0.2, 0.25) is 0 Å². The zero-order chi connectivity index (χ0) is 19.6. The maximum atomic E-state index is 13.2. The molecular formula is C21H26ClN3OS2. The van der Waals surface area contributed by atoms with Crippen molar-refractivity contribution in [2.75, 3.05) is 38.3 Å². The zero-order valence-electron chi connectivity index (χ0n) is 16.9. The standard InChI is InChI=1S/C21H25N3OS2.ClH/c1-14-12-18-19(13-15(14)2)27-21(22-18)24(11-10-23(3)4)20(25)16-6-8-17(26-5)9-7-16;/h6-9,12-13H,10-11H2,1-5H3;1H. The molecule has 0 saturated carbocycles. The number of anilines is 1. The molecule has 0 atom stereocenters. The van der Waals surface area contributed by atoms with Crippen molar-refractivity contribution >= 4 is 56.8 Å². The average Bonchev–Trinajstić information content (AvgIpc) is 3.04. The first kappa shape index (κ1) is 22.7. The molecule has 0 unspecified atom stereocenters. The summed E-state index contributed by atoms with van der Waals surface area (Å²) in [5, 5.41) is 0.760. The van der Waals surface area contributed by atoms with E-state index in [9.17, 15) is 4.79 Å². The summed E-state index contributed by atoms with van der Waals surface area (Å²) in [6.07, 6.45) is 2.03. The third-order valence-electron chi connectivity index (χ3n) is 4.58. The van der Waals surface area contributed by atoms with Crippen LogP contribution in [0.4, 0.5) is 5.13 Å². The van der Waals surface area contributed by atoms with Crippen LogP contribution in [-0.2, 0) is 0 Å². The molecule has 28 heavy (non-hydrogen) atoms. The summed E-state index contributed by atoms with van der Waals surface area (Å²) < 4.78 is 1.12. The van der Waals surface area contributed by atoms with Crippen LogP contribution in [-0.4, -0.2) is 49.2 Å². The molecule has 4 nitrogen and oxygen atoms in total. The van der Waals surface area contributed by atoms with E-state index >= 15 is 0 Å². The van der Waals surface area contributed by atoms with E-state index in [0.29, 0.717) is 12.1 Å². The Labute approximate surface area is 181 Å². The van der Waals surface area contributed by atoms with Crippen molar-refractivity contribution in [3.63, 3.8) is 0 Å². The van der Waals surface area contributed by atoms with E-state index in [2.05, 4.69) is 30.9 Å². The predicted octanol–water partition coefficient (Wildman–Crippen LogP) is 5.27. The smallest absolute Gasteiger partial charge is 0.260 e. The van der Waals surface area contributed by atoms with Gasteiger partial charge in [0, 0.05) is 23.5 Å². The number of hydrogen-bond acceptors (Lipinski definition) is 5. The van der Waals surface area contributed by atoms with Gasteiger partial charge in [-0.3, -0.25) is 9.69 Å². The molecule has 0 aliphatic rings. The second-order valence-corrected chi connectivity index (χ2v) is 8.78. The molecule has 0 saturated heterocycles. The summed E-state index contributed by atoms with van der Waals surface area (Å²) in [5.41, 5.74) is 4.12. The van der Waals surface area contributed by atoms with Crippen molar-refractivity contribution < 1.29 is 4.79 Å². The molecule has 0 spiro atoms. The Morgan fingerprint density at radius 1 is 1.07 bits per heavy atom. The number of benzene rings is 2. The lowest BCUT2D eigenvalue weighted by atomic mass is 10.1. The van der Waals surface area contributed by atoms with E-state index in [4.69, 9.17) is 4.98 Å². The van der Waals surface area contributed by atoms with Gasteiger partial charge in [0.1, 0.15) is 0 Å². The Morgan fingerprint density at radius 3 is 2.32 bits per heavy atom. The number of halogens is 1. The minimum atomic E-state index is -0.00277. The molecule has 3 aromatic rings. The first-order chi connectivity index (χ1) is 12.9. The summed E-state index contributed by atoms with van der Waals surface area (Å²) in [5.74, 6) is -0.00277. The Kier molecular flexibility index (Phi) is 7.89. The topological polar surface area (TPSA) is 36.4 Å². The highest BCUT2D eigenvalue weighted by Crippen LogP contribution is 2.31. The monoisotopic (exact) mass is 435 g/mol. The average molecular weight is 436 g/mol. The molecule has 1 amide bonds. The molecule has 0 fully saturated rings. The minimum Gasteiger partial charge on any atom is -0.308 e. The quantitative estimate of drug-likeness (QED) is 0.494. The first-order valence-corrected chi connectivity index (χ1v) is 10.9. The van der Waals surface area contributed by atoms with Gasteiger partial charge in [-0.25, -0.2) is 4.98 Å². The van der Waals surface area contributed by atoms with Gasteiger partial charge in [0.15, 0.2) is 5.13 Å². The molecule has 0 N–H and O–H groups in total. The van der Waals surface area contributed by atoms with Crippen molar-refractivity contribution in [3.8, 4) is 0 Å². The summed E-state index contributed by atoms with van der Waals surface area (Å²) in [6, 6.07) is 12.1. The van der Waals surface area contributed by atoms with E-state index in [0.717, 1.165) is 26.8 Å². The SMILES string of the molecule is CSc1ccc(C(=O)N(CCN(C)C)c2nc3cc(C)c(C)cc3s2)cc1.Cl. The van der Waals surface area contributed by atoms with E-state index < -0.39 is 0 Å². The number of nitrogens with zero attached hydrogens (tertiary/aromatic N) is 3. The van der Waals surface area contributed by atoms with Crippen molar-refractivity contribution in [3.05, 3.63) is 53.1 Å². The fraction of sp³-hybridized carbons (Fsp3) is 0.333. The number of rotatable bonds is 6. The third-order valence-corrected chi connectivity index (χ3v) is 6.36. The maximum Gasteiger partial charge on any atom is 0.260 e. The van der Waals surface area contributed by atoms with Gasteiger partial charge < -0.3 is 4.90 Å². The maximum absolute atomic E-state index is 13.2. The van der Waals surface area contributed by atoms with Gasteiger partial charge in [0.25, 0.3) is 5.91 Å². The van der Waals surface area contributed by atoms with Crippen molar-refractivity contribution in [2.45, 2.75) is 18.7 Å². The first-order valence-electron chi connectivity index (χ1n) is 8.87. The lowest BCUT2D eigenvalue weighted by Gasteiger charge is -2.22. The summed E-state index contributed by atoms with van der Waals surface area (Å²) in [6.45, 7) is 5.59. The lowest BCUT2D eigenvalue weighted by molar-refractivity contribution is 0.0985. The van der Waals surface area contributed by atoms with Gasteiger partial charge in [-0.2, -0.15) is 0 Å². The second-order valence-electron chi connectivity index (χ2n) is 6.89. The van der Waals surface area contributed by atoms with Crippen LogP contribution < -0.4 is 4.90 Å². The molecular weight excluding hydrogens is 410 g/mol. The summed E-state index contributed by atoms with van der Waals surface area (Å²) in [7, 11) is 4.03. The Balaban J connectivity index is 0.00000280. The van der Waals surface area contributed by atoms with Crippen LogP contribution in [0.5, 0.6) is 0 Å². The highest BCUT2D eigenvalue weighted by Gasteiger charge is 2.21. The highest BCUT2D eigenvalue weighted by molar-refractivity contribution is 7.98. The fourth-order valence-corrected chi connectivity index (χ4v) is 4.23. The highest BCUT2D eigenvalue weighted by atomic mass is 35.5. The molecule has 1 aromatic heterocycles. The fourth-order valence-electron chi connectivity index (χ4n) is 2.76. The van der Waals surface area contributed by atoms with Crippen molar-refractivity contribution in [1.82, 2.24) is 9.88 Å². The minimum absolute atomic E-state index is 0. The normalized spacial score (nSPS) is 10.9. The Morgan fingerprint density at radius 2 is 1.71 bits per heavy atom. The number of fused-ring (bicyclic) bond motifs is 1. The van der Waals surface area contributed by atoms with Gasteiger partial charge in [-0.05, 0) is 81.7 Å². The van der Waals surface area contributed by atoms with Crippen LogP contribution >= 0.6 is 35.5 Å². The van der Waals surface area contributed by atoms with Gasteiger partial charge in [-0.15, -0.1) is 24.2 Å².